The molecular weight excluding hydrogens is 337 g/mol. The molecule has 0 atom stereocenters. The first-order chi connectivity index (χ1) is 10.1. The number of benzene rings is 1. The molecule has 104 valence electrons. The number of amides is 1. The molecule has 0 unspecified atom stereocenters. The number of pyridine rings is 2. The van der Waals surface area contributed by atoms with E-state index in [1.165, 1.54) is 12.1 Å². The molecule has 2 heterocycles. The summed E-state index contributed by atoms with van der Waals surface area (Å²) < 4.78 is 14.3. The molecule has 0 aliphatic carbocycles. The van der Waals surface area contributed by atoms with Gasteiger partial charge in [-0.15, -0.1) is 0 Å². The molecule has 0 saturated carbocycles. The highest BCUT2D eigenvalue weighted by Gasteiger charge is 2.12. The Morgan fingerprint density at radius 1 is 1.19 bits per heavy atom. The minimum Gasteiger partial charge on any atom is -0.318 e. The van der Waals surface area contributed by atoms with Crippen LogP contribution in [0.4, 0.5) is 10.1 Å². The van der Waals surface area contributed by atoms with Crippen LogP contribution in [0.3, 0.4) is 0 Å². The zero-order valence-electron chi connectivity index (χ0n) is 10.7. The summed E-state index contributed by atoms with van der Waals surface area (Å²) in [6.45, 7) is 0. The van der Waals surface area contributed by atoms with Gasteiger partial charge in [0.05, 0.1) is 5.69 Å². The van der Waals surface area contributed by atoms with E-state index in [-0.39, 0.29) is 11.4 Å². The number of hydrogen-bond acceptors (Lipinski definition) is 3. The normalized spacial score (nSPS) is 10.6. The van der Waals surface area contributed by atoms with Crippen LogP contribution in [0.1, 0.15) is 10.5 Å². The Morgan fingerprint density at radius 2 is 2.05 bits per heavy atom. The van der Waals surface area contributed by atoms with E-state index in [1.54, 1.807) is 30.5 Å². The van der Waals surface area contributed by atoms with Gasteiger partial charge in [0.1, 0.15) is 11.5 Å². The average molecular weight is 346 g/mol. The van der Waals surface area contributed by atoms with Crippen molar-refractivity contribution in [2.75, 3.05) is 5.32 Å². The second-order valence-electron chi connectivity index (χ2n) is 4.32. The number of carbonyl (C=O) groups excluding carboxylic acids is 1. The molecule has 3 aromatic rings. The molecule has 1 aromatic carbocycles. The fourth-order valence-electron chi connectivity index (χ4n) is 1.86. The Labute approximate surface area is 128 Å². The molecule has 21 heavy (non-hydrogen) atoms. The van der Waals surface area contributed by atoms with E-state index in [4.69, 9.17) is 0 Å². The number of carbonyl (C=O) groups is 1. The third kappa shape index (κ3) is 2.90. The highest BCUT2D eigenvalue weighted by Crippen LogP contribution is 2.20. The Hall–Kier alpha value is -2.34. The number of hydrogen-bond donors (Lipinski definition) is 1. The van der Waals surface area contributed by atoms with Gasteiger partial charge in [-0.05, 0) is 42.5 Å². The van der Waals surface area contributed by atoms with E-state index in [0.29, 0.717) is 10.1 Å². The summed E-state index contributed by atoms with van der Waals surface area (Å²) in [6.07, 6.45) is 1.60. The summed E-state index contributed by atoms with van der Waals surface area (Å²) in [5.74, 6) is -0.995. The maximum Gasteiger partial charge on any atom is 0.274 e. The Bertz CT molecular complexity index is 838. The van der Waals surface area contributed by atoms with E-state index < -0.39 is 11.7 Å². The number of rotatable bonds is 2. The molecule has 0 spiro atoms. The van der Waals surface area contributed by atoms with Gasteiger partial charge in [0.25, 0.3) is 5.91 Å². The molecule has 0 aliphatic heterocycles. The molecule has 2 aromatic heterocycles. The van der Waals surface area contributed by atoms with E-state index in [1.807, 2.05) is 6.07 Å². The monoisotopic (exact) mass is 345 g/mol. The van der Waals surface area contributed by atoms with Crippen LogP contribution >= 0.6 is 15.9 Å². The van der Waals surface area contributed by atoms with Crippen molar-refractivity contribution in [2.24, 2.45) is 0 Å². The lowest BCUT2D eigenvalue weighted by Gasteiger charge is -2.07. The third-order valence-corrected chi connectivity index (χ3v) is 3.37. The summed E-state index contributed by atoms with van der Waals surface area (Å²) in [4.78, 5) is 20.4. The molecule has 0 saturated heterocycles. The highest BCUT2D eigenvalue weighted by molar-refractivity contribution is 9.10. The van der Waals surface area contributed by atoms with Gasteiger partial charge in [0.2, 0.25) is 0 Å². The van der Waals surface area contributed by atoms with E-state index in [9.17, 15) is 9.18 Å². The smallest absolute Gasteiger partial charge is 0.274 e. The average Bonchev–Trinajstić information content (AvgIpc) is 2.50. The van der Waals surface area contributed by atoms with Crippen LogP contribution in [0.5, 0.6) is 0 Å². The lowest BCUT2D eigenvalue weighted by atomic mass is 10.2. The second-order valence-corrected chi connectivity index (χ2v) is 5.24. The summed E-state index contributed by atoms with van der Waals surface area (Å²) in [5.41, 5.74) is 0.748. The lowest BCUT2D eigenvalue weighted by molar-refractivity contribution is 0.102. The maximum absolute atomic E-state index is 13.6. The lowest BCUT2D eigenvalue weighted by Crippen LogP contribution is -2.14. The van der Waals surface area contributed by atoms with Gasteiger partial charge < -0.3 is 5.32 Å². The van der Waals surface area contributed by atoms with Crippen molar-refractivity contribution in [3.8, 4) is 0 Å². The van der Waals surface area contributed by atoms with Crippen LogP contribution in [0.15, 0.2) is 53.1 Å². The highest BCUT2D eigenvalue weighted by atomic mass is 79.9. The largest absolute Gasteiger partial charge is 0.318 e. The van der Waals surface area contributed by atoms with Gasteiger partial charge in [0.15, 0.2) is 5.65 Å². The predicted molar refractivity (Wildman–Crippen MR) is 81.6 cm³/mol. The molecule has 4 nitrogen and oxygen atoms in total. The Balaban J connectivity index is 1.91. The van der Waals surface area contributed by atoms with Crippen LogP contribution in [0, 0.1) is 5.82 Å². The number of aromatic nitrogens is 2. The molecule has 0 radical (unpaired) electrons. The molecule has 1 N–H and O–H groups in total. The minimum absolute atomic E-state index is 0.0947. The number of halogens is 2. The Kier molecular flexibility index (Phi) is 3.62. The Morgan fingerprint density at radius 3 is 2.90 bits per heavy atom. The molecule has 0 aliphatic rings. The van der Waals surface area contributed by atoms with E-state index >= 15 is 0 Å². The number of fused-ring (bicyclic) bond motifs is 1. The van der Waals surface area contributed by atoms with Crippen LogP contribution in [-0.4, -0.2) is 15.9 Å². The van der Waals surface area contributed by atoms with E-state index in [0.717, 1.165) is 5.39 Å². The second kappa shape index (κ2) is 5.57. The molecule has 3 rings (SSSR count). The van der Waals surface area contributed by atoms with Crippen molar-refractivity contribution < 1.29 is 9.18 Å². The first-order valence-electron chi connectivity index (χ1n) is 6.12. The van der Waals surface area contributed by atoms with E-state index in [2.05, 4.69) is 31.2 Å². The number of nitrogens with one attached hydrogen (secondary N) is 1. The molecular formula is C15H9BrFN3O. The predicted octanol–water partition coefficient (Wildman–Crippen LogP) is 3.78. The molecule has 6 heteroatoms. The van der Waals surface area contributed by atoms with Crippen LogP contribution in [0.2, 0.25) is 0 Å². The van der Waals surface area contributed by atoms with Gasteiger partial charge >= 0.3 is 0 Å². The van der Waals surface area contributed by atoms with Crippen LogP contribution < -0.4 is 5.32 Å². The first kappa shape index (κ1) is 13.6. The summed E-state index contributed by atoms with van der Waals surface area (Å²) in [6, 6.07) is 11.3. The van der Waals surface area contributed by atoms with Gasteiger partial charge in [-0.1, -0.05) is 15.9 Å². The topological polar surface area (TPSA) is 54.9 Å². The third-order valence-electron chi connectivity index (χ3n) is 2.87. The van der Waals surface area contributed by atoms with Crippen molar-refractivity contribution in [1.82, 2.24) is 9.97 Å². The minimum atomic E-state index is -0.509. The van der Waals surface area contributed by atoms with Crippen molar-refractivity contribution in [2.45, 2.75) is 0 Å². The standard InChI is InChI=1S/C15H9BrFN3O/c16-10-4-5-11(17)13(8-10)20-15(21)12-6-3-9-2-1-7-18-14(9)19-12/h1-8H,(H,20,21). The van der Waals surface area contributed by atoms with Gasteiger partial charge in [-0.3, -0.25) is 4.79 Å². The van der Waals surface area contributed by atoms with Crippen molar-refractivity contribution >= 4 is 38.6 Å². The fourth-order valence-corrected chi connectivity index (χ4v) is 2.22. The fraction of sp³-hybridized carbons (Fsp3) is 0. The zero-order valence-corrected chi connectivity index (χ0v) is 12.3. The van der Waals surface area contributed by atoms with Gasteiger partial charge in [-0.25, -0.2) is 14.4 Å². The van der Waals surface area contributed by atoms with Crippen molar-refractivity contribution in [1.29, 1.82) is 0 Å². The quantitative estimate of drug-likeness (QED) is 0.768. The molecule has 0 bridgehead atoms. The summed E-state index contributed by atoms with van der Waals surface area (Å²) in [7, 11) is 0. The summed E-state index contributed by atoms with van der Waals surface area (Å²) in [5, 5.41) is 3.33. The van der Waals surface area contributed by atoms with Crippen LogP contribution in [0.25, 0.3) is 11.0 Å². The number of anilines is 1. The van der Waals surface area contributed by atoms with Crippen molar-refractivity contribution in [3.05, 3.63) is 64.6 Å². The first-order valence-corrected chi connectivity index (χ1v) is 6.91. The SMILES string of the molecule is O=C(Nc1cc(Br)ccc1F)c1ccc2cccnc2n1. The molecule has 1 amide bonds. The maximum atomic E-state index is 13.6. The van der Waals surface area contributed by atoms with Gasteiger partial charge in [0, 0.05) is 16.1 Å². The zero-order chi connectivity index (χ0) is 14.8. The van der Waals surface area contributed by atoms with Gasteiger partial charge in [-0.2, -0.15) is 0 Å². The van der Waals surface area contributed by atoms with Crippen LogP contribution in [-0.2, 0) is 0 Å². The molecule has 0 fully saturated rings. The van der Waals surface area contributed by atoms with Crippen molar-refractivity contribution in [3.63, 3.8) is 0 Å². The summed E-state index contributed by atoms with van der Waals surface area (Å²) >= 11 is 3.23. The number of nitrogens with zero attached hydrogens (tertiary/aromatic N) is 2.